The summed E-state index contributed by atoms with van der Waals surface area (Å²) in [7, 11) is 0. The fourth-order valence-electron chi connectivity index (χ4n) is 2.86. The average molecular weight is 263 g/mol. The van der Waals surface area contributed by atoms with E-state index in [4.69, 9.17) is 0 Å². The summed E-state index contributed by atoms with van der Waals surface area (Å²) in [6.07, 6.45) is 5.60. The van der Waals surface area contributed by atoms with E-state index in [9.17, 15) is 9.18 Å². The first-order chi connectivity index (χ1) is 9.10. The zero-order valence-corrected chi connectivity index (χ0v) is 11.7. The molecule has 2 rings (SSSR count). The molecule has 2 nitrogen and oxygen atoms in total. The Bertz CT molecular complexity index is 458. The molecule has 1 N–H and O–H groups in total. The number of halogens is 1. The maximum atomic E-state index is 13.7. The first-order valence-corrected chi connectivity index (χ1v) is 7.17. The number of amides is 1. The second-order valence-electron chi connectivity index (χ2n) is 5.59. The Morgan fingerprint density at radius 3 is 2.89 bits per heavy atom. The summed E-state index contributed by atoms with van der Waals surface area (Å²) in [4.78, 5) is 12.1. The van der Waals surface area contributed by atoms with Gasteiger partial charge in [0.2, 0.25) is 0 Å². The molecule has 0 aliphatic heterocycles. The third kappa shape index (κ3) is 3.55. The van der Waals surface area contributed by atoms with Crippen molar-refractivity contribution in [2.24, 2.45) is 5.92 Å². The predicted octanol–water partition coefficient (Wildman–Crippen LogP) is 3.83. The zero-order valence-electron chi connectivity index (χ0n) is 11.7. The fraction of sp³-hybridized carbons (Fsp3) is 0.562. The van der Waals surface area contributed by atoms with Crippen molar-refractivity contribution in [1.29, 1.82) is 0 Å². The number of hydrogen-bond acceptors (Lipinski definition) is 1. The van der Waals surface area contributed by atoms with Gasteiger partial charge >= 0.3 is 0 Å². The van der Waals surface area contributed by atoms with Crippen LogP contribution >= 0.6 is 0 Å². The van der Waals surface area contributed by atoms with E-state index in [1.807, 2.05) is 6.92 Å². The molecule has 19 heavy (non-hydrogen) atoms. The van der Waals surface area contributed by atoms with Crippen molar-refractivity contribution in [2.45, 2.75) is 52.0 Å². The molecule has 0 spiro atoms. The maximum absolute atomic E-state index is 13.7. The number of rotatable bonds is 3. The Morgan fingerprint density at radius 2 is 2.21 bits per heavy atom. The van der Waals surface area contributed by atoms with E-state index in [0.717, 1.165) is 31.2 Å². The third-order valence-electron chi connectivity index (χ3n) is 4.06. The molecule has 1 aromatic carbocycles. The Labute approximate surface area is 114 Å². The van der Waals surface area contributed by atoms with Crippen molar-refractivity contribution in [3.63, 3.8) is 0 Å². The van der Waals surface area contributed by atoms with Gasteiger partial charge in [-0.05, 0) is 43.4 Å². The Kier molecular flexibility index (Phi) is 4.56. The number of carbonyl (C=O) groups is 1. The predicted molar refractivity (Wildman–Crippen MR) is 74.6 cm³/mol. The summed E-state index contributed by atoms with van der Waals surface area (Å²) in [6, 6.07) is 4.95. The van der Waals surface area contributed by atoms with Gasteiger partial charge in [-0.1, -0.05) is 32.3 Å². The highest BCUT2D eigenvalue weighted by Gasteiger charge is 2.23. The first-order valence-electron chi connectivity index (χ1n) is 7.17. The summed E-state index contributed by atoms with van der Waals surface area (Å²) in [5, 5.41) is 2.98. The van der Waals surface area contributed by atoms with Gasteiger partial charge in [-0.2, -0.15) is 0 Å². The SMILES string of the molecule is CCC1CCCC(NC(=O)c2ccc(C)cc2F)C1. The van der Waals surface area contributed by atoms with E-state index in [2.05, 4.69) is 12.2 Å². The molecule has 1 fully saturated rings. The van der Waals surface area contributed by atoms with Crippen molar-refractivity contribution < 1.29 is 9.18 Å². The molecule has 1 amide bonds. The van der Waals surface area contributed by atoms with Crippen molar-refractivity contribution in [2.75, 3.05) is 0 Å². The number of carbonyl (C=O) groups excluding carboxylic acids is 1. The largest absolute Gasteiger partial charge is 0.349 e. The van der Waals surface area contributed by atoms with E-state index in [1.165, 1.54) is 12.5 Å². The minimum absolute atomic E-state index is 0.157. The monoisotopic (exact) mass is 263 g/mol. The Morgan fingerprint density at radius 1 is 1.42 bits per heavy atom. The standard InChI is InChI=1S/C16H22FNO/c1-3-12-5-4-6-13(10-12)18-16(19)14-8-7-11(2)9-15(14)17/h7-9,12-13H,3-6,10H2,1-2H3,(H,18,19). The highest BCUT2D eigenvalue weighted by molar-refractivity contribution is 5.94. The highest BCUT2D eigenvalue weighted by Crippen LogP contribution is 2.26. The smallest absolute Gasteiger partial charge is 0.254 e. The number of aryl methyl sites for hydroxylation is 1. The lowest BCUT2D eigenvalue weighted by Crippen LogP contribution is -2.38. The molecule has 0 heterocycles. The normalized spacial score (nSPS) is 23.1. The van der Waals surface area contributed by atoms with Crippen molar-refractivity contribution in [3.05, 3.63) is 35.1 Å². The number of benzene rings is 1. The minimum atomic E-state index is -0.430. The van der Waals surface area contributed by atoms with Crippen LogP contribution in [0.3, 0.4) is 0 Å². The lowest BCUT2D eigenvalue weighted by atomic mass is 9.84. The van der Waals surface area contributed by atoms with Gasteiger partial charge in [0.15, 0.2) is 0 Å². The van der Waals surface area contributed by atoms with Gasteiger partial charge in [0, 0.05) is 6.04 Å². The summed E-state index contributed by atoms with van der Waals surface area (Å²) in [6.45, 7) is 4.01. The first kappa shape index (κ1) is 14.0. The molecule has 1 aromatic rings. The molecule has 2 atom stereocenters. The Hall–Kier alpha value is -1.38. The summed E-state index contributed by atoms with van der Waals surface area (Å²) in [5.41, 5.74) is 0.988. The van der Waals surface area contributed by atoms with E-state index in [0.29, 0.717) is 5.92 Å². The third-order valence-corrected chi connectivity index (χ3v) is 4.06. The van der Waals surface area contributed by atoms with Crippen molar-refractivity contribution >= 4 is 5.91 Å². The van der Waals surface area contributed by atoms with Crippen LogP contribution in [0.4, 0.5) is 4.39 Å². The van der Waals surface area contributed by atoms with Crippen LogP contribution in [0, 0.1) is 18.7 Å². The average Bonchev–Trinajstić information content (AvgIpc) is 2.38. The molecule has 0 radical (unpaired) electrons. The molecule has 2 unspecified atom stereocenters. The quantitative estimate of drug-likeness (QED) is 0.882. The van der Waals surface area contributed by atoms with Gasteiger partial charge in [0.25, 0.3) is 5.91 Å². The van der Waals surface area contributed by atoms with E-state index in [1.54, 1.807) is 12.1 Å². The molecule has 1 aliphatic rings. The highest BCUT2D eigenvalue weighted by atomic mass is 19.1. The molecule has 1 aliphatic carbocycles. The van der Waals surface area contributed by atoms with E-state index >= 15 is 0 Å². The van der Waals surface area contributed by atoms with Gasteiger partial charge in [-0.15, -0.1) is 0 Å². The minimum Gasteiger partial charge on any atom is -0.349 e. The van der Waals surface area contributed by atoms with Gasteiger partial charge in [0.1, 0.15) is 5.82 Å². The second kappa shape index (κ2) is 6.18. The number of nitrogens with one attached hydrogen (secondary N) is 1. The topological polar surface area (TPSA) is 29.1 Å². The van der Waals surface area contributed by atoms with Gasteiger partial charge < -0.3 is 5.32 Å². The van der Waals surface area contributed by atoms with Gasteiger partial charge in [-0.25, -0.2) is 4.39 Å². The summed E-state index contributed by atoms with van der Waals surface area (Å²) < 4.78 is 13.7. The lowest BCUT2D eigenvalue weighted by molar-refractivity contribution is 0.0915. The zero-order chi connectivity index (χ0) is 13.8. The number of hydrogen-bond donors (Lipinski definition) is 1. The van der Waals surface area contributed by atoms with Gasteiger partial charge in [0.05, 0.1) is 5.56 Å². The molecule has 0 saturated heterocycles. The van der Waals surface area contributed by atoms with Crippen LogP contribution in [0.2, 0.25) is 0 Å². The van der Waals surface area contributed by atoms with Crippen LogP contribution in [0.5, 0.6) is 0 Å². The van der Waals surface area contributed by atoms with Crippen LogP contribution in [0.25, 0.3) is 0 Å². The molecule has 104 valence electrons. The van der Waals surface area contributed by atoms with Crippen LogP contribution in [0.15, 0.2) is 18.2 Å². The van der Waals surface area contributed by atoms with Crippen LogP contribution < -0.4 is 5.32 Å². The van der Waals surface area contributed by atoms with Gasteiger partial charge in [-0.3, -0.25) is 4.79 Å². The summed E-state index contributed by atoms with van der Waals surface area (Å²) in [5.74, 6) is -0.0125. The molecular formula is C16H22FNO. The molecule has 0 aromatic heterocycles. The van der Waals surface area contributed by atoms with Crippen molar-refractivity contribution in [1.82, 2.24) is 5.32 Å². The van der Waals surface area contributed by atoms with Crippen LogP contribution in [-0.4, -0.2) is 11.9 Å². The molecular weight excluding hydrogens is 241 g/mol. The van der Waals surface area contributed by atoms with E-state index < -0.39 is 5.82 Å². The van der Waals surface area contributed by atoms with E-state index in [-0.39, 0.29) is 17.5 Å². The Balaban J connectivity index is 2.00. The molecule has 3 heteroatoms. The summed E-state index contributed by atoms with van der Waals surface area (Å²) >= 11 is 0. The second-order valence-corrected chi connectivity index (χ2v) is 5.59. The van der Waals surface area contributed by atoms with Crippen LogP contribution in [0.1, 0.15) is 54.9 Å². The molecule has 0 bridgehead atoms. The van der Waals surface area contributed by atoms with Crippen molar-refractivity contribution in [3.8, 4) is 0 Å². The lowest BCUT2D eigenvalue weighted by Gasteiger charge is -2.29. The van der Waals surface area contributed by atoms with Crippen LogP contribution in [-0.2, 0) is 0 Å². The maximum Gasteiger partial charge on any atom is 0.254 e. The fourth-order valence-corrected chi connectivity index (χ4v) is 2.86. The molecule has 1 saturated carbocycles.